The lowest BCUT2D eigenvalue weighted by Gasteiger charge is -2.38. The van der Waals surface area contributed by atoms with E-state index in [9.17, 15) is 9.59 Å². The Morgan fingerprint density at radius 2 is 1.87 bits per heavy atom. The smallest absolute Gasteiger partial charge is 0.306 e. The zero-order valence-corrected chi connectivity index (χ0v) is 9.71. The van der Waals surface area contributed by atoms with Gasteiger partial charge in [0.25, 0.3) is 0 Å². The third kappa shape index (κ3) is 2.78. The average molecular weight is 213 g/mol. The number of ketones is 1. The summed E-state index contributed by atoms with van der Waals surface area (Å²) in [5.41, 5.74) is -0.848. The van der Waals surface area contributed by atoms with E-state index in [2.05, 4.69) is 4.90 Å². The lowest BCUT2D eigenvalue weighted by Crippen LogP contribution is -2.50. The summed E-state index contributed by atoms with van der Waals surface area (Å²) in [4.78, 5) is 25.0. The lowest BCUT2D eigenvalue weighted by atomic mass is 9.87. The number of hydrogen-bond donors (Lipinski definition) is 0. The third-order valence-corrected chi connectivity index (χ3v) is 3.03. The number of carbonyl (C=O) groups excluding carboxylic acids is 2. The molecule has 0 amide bonds. The van der Waals surface area contributed by atoms with Gasteiger partial charge in [0, 0.05) is 32.4 Å². The molecule has 0 unspecified atom stereocenters. The maximum atomic E-state index is 11.6. The first-order valence-corrected chi connectivity index (χ1v) is 5.41. The molecule has 0 atom stereocenters. The number of hydrogen-bond acceptors (Lipinski definition) is 4. The molecule has 1 heterocycles. The molecule has 0 aromatic rings. The number of rotatable bonds is 3. The summed E-state index contributed by atoms with van der Waals surface area (Å²) >= 11 is 0. The lowest BCUT2D eigenvalue weighted by molar-refractivity contribution is -0.171. The number of likely N-dealkylation sites (tertiary alicyclic amines) is 1. The summed E-state index contributed by atoms with van der Waals surface area (Å²) in [6.45, 7) is 4.85. The predicted molar refractivity (Wildman–Crippen MR) is 56.5 cm³/mol. The molecule has 0 spiro atoms. The van der Waals surface area contributed by atoms with Crippen molar-refractivity contribution in [1.29, 1.82) is 0 Å². The minimum atomic E-state index is -0.848. The summed E-state index contributed by atoms with van der Waals surface area (Å²) in [5.74, 6) is -0.313. The van der Waals surface area contributed by atoms with E-state index in [4.69, 9.17) is 4.74 Å². The van der Waals surface area contributed by atoms with Crippen LogP contribution >= 0.6 is 0 Å². The van der Waals surface area contributed by atoms with Gasteiger partial charge in [0.1, 0.15) is 0 Å². The van der Waals surface area contributed by atoms with E-state index >= 15 is 0 Å². The number of esters is 1. The molecule has 0 aromatic heterocycles. The van der Waals surface area contributed by atoms with Crippen LogP contribution in [0.5, 0.6) is 0 Å². The molecule has 1 rings (SSSR count). The predicted octanol–water partition coefficient (Wildman–Crippen LogP) is 0.993. The van der Waals surface area contributed by atoms with Gasteiger partial charge in [-0.3, -0.25) is 9.59 Å². The molecule has 0 radical (unpaired) electrons. The Morgan fingerprint density at radius 1 is 1.33 bits per heavy atom. The Balaban J connectivity index is 2.71. The minimum Gasteiger partial charge on any atom is -0.451 e. The van der Waals surface area contributed by atoms with Crippen molar-refractivity contribution < 1.29 is 14.3 Å². The molecule has 0 aliphatic carbocycles. The molecule has 1 saturated heterocycles. The second-order valence-corrected chi connectivity index (χ2v) is 4.18. The van der Waals surface area contributed by atoms with E-state index in [0.29, 0.717) is 19.3 Å². The van der Waals surface area contributed by atoms with Gasteiger partial charge in [-0.25, -0.2) is 0 Å². The zero-order valence-electron chi connectivity index (χ0n) is 9.71. The second kappa shape index (κ2) is 4.75. The molecular formula is C11H19NO3. The molecule has 4 nitrogen and oxygen atoms in total. The fraction of sp³-hybridized carbons (Fsp3) is 0.818. The Kier molecular flexibility index (Phi) is 3.85. The normalized spacial score (nSPS) is 21.0. The van der Waals surface area contributed by atoms with Crippen LogP contribution < -0.4 is 0 Å². The fourth-order valence-corrected chi connectivity index (χ4v) is 1.80. The molecule has 4 heteroatoms. The van der Waals surface area contributed by atoms with Crippen LogP contribution in [-0.4, -0.2) is 42.4 Å². The topological polar surface area (TPSA) is 46.6 Å². The standard InChI is InChI=1S/C11H19NO3/c1-4-10(14)15-11(9(2)13)5-7-12(3)8-6-11/h4-8H2,1-3H3. The van der Waals surface area contributed by atoms with E-state index in [-0.39, 0.29) is 11.8 Å². The summed E-state index contributed by atoms with van der Waals surface area (Å²) < 4.78 is 5.32. The number of Topliss-reactive ketones (excluding diaryl/α,β-unsaturated/α-hetero) is 1. The van der Waals surface area contributed by atoms with Crippen LogP contribution in [0.1, 0.15) is 33.1 Å². The van der Waals surface area contributed by atoms with Crippen LogP contribution in [0.3, 0.4) is 0 Å². The van der Waals surface area contributed by atoms with Gasteiger partial charge in [-0.15, -0.1) is 0 Å². The van der Waals surface area contributed by atoms with Gasteiger partial charge < -0.3 is 9.64 Å². The largest absolute Gasteiger partial charge is 0.451 e. The second-order valence-electron chi connectivity index (χ2n) is 4.18. The molecule has 1 aliphatic heterocycles. The van der Waals surface area contributed by atoms with Crippen molar-refractivity contribution in [3.05, 3.63) is 0 Å². The van der Waals surface area contributed by atoms with E-state index in [0.717, 1.165) is 13.1 Å². The highest BCUT2D eigenvalue weighted by Gasteiger charge is 2.41. The molecule has 0 saturated carbocycles. The highest BCUT2D eigenvalue weighted by Crippen LogP contribution is 2.27. The summed E-state index contributed by atoms with van der Waals surface area (Å²) in [6.07, 6.45) is 1.56. The molecule has 86 valence electrons. The molecule has 0 aromatic carbocycles. The number of nitrogens with zero attached hydrogens (tertiary/aromatic N) is 1. The number of carbonyl (C=O) groups is 2. The van der Waals surface area contributed by atoms with Crippen LogP contribution in [0.2, 0.25) is 0 Å². The van der Waals surface area contributed by atoms with E-state index in [1.165, 1.54) is 6.92 Å². The van der Waals surface area contributed by atoms with Crippen molar-refractivity contribution >= 4 is 11.8 Å². The maximum Gasteiger partial charge on any atom is 0.306 e. The van der Waals surface area contributed by atoms with Crippen LogP contribution in [0.15, 0.2) is 0 Å². The van der Waals surface area contributed by atoms with Crippen LogP contribution in [0.4, 0.5) is 0 Å². The van der Waals surface area contributed by atoms with Crippen LogP contribution in [-0.2, 0) is 14.3 Å². The summed E-state index contributed by atoms with van der Waals surface area (Å²) in [6, 6.07) is 0. The SMILES string of the molecule is CCC(=O)OC1(C(C)=O)CCN(C)CC1. The molecule has 1 aliphatic rings. The molecule has 15 heavy (non-hydrogen) atoms. The third-order valence-electron chi connectivity index (χ3n) is 3.03. The van der Waals surface area contributed by atoms with E-state index in [1.54, 1.807) is 6.92 Å². The Hall–Kier alpha value is -0.900. The van der Waals surface area contributed by atoms with Gasteiger partial charge in [0.05, 0.1) is 0 Å². The van der Waals surface area contributed by atoms with E-state index in [1.807, 2.05) is 7.05 Å². The van der Waals surface area contributed by atoms with Gasteiger partial charge >= 0.3 is 5.97 Å². The van der Waals surface area contributed by atoms with Crippen LogP contribution in [0.25, 0.3) is 0 Å². The zero-order chi connectivity index (χ0) is 11.5. The average Bonchev–Trinajstić information content (AvgIpc) is 2.21. The summed E-state index contributed by atoms with van der Waals surface area (Å²) in [7, 11) is 2.01. The first-order valence-electron chi connectivity index (χ1n) is 5.41. The van der Waals surface area contributed by atoms with Gasteiger partial charge in [-0.2, -0.15) is 0 Å². The Morgan fingerprint density at radius 3 is 2.27 bits per heavy atom. The molecule has 1 fully saturated rings. The Bertz CT molecular complexity index is 255. The van der Waals surface area contributed by atoms with Crippen molar-refractivity contribution in [2.45, 2.75) is 38.7 Å². The highest BCUT2D eigenvalue weighted by atomic mass is 16.6. The highest BCUT2D eigenvalue weighted by molar-refractivity contribution is 5.87. The fourth-order valence-electron chi connectivity index (χ4n) is 1.80. The monoisotopic (exact) mass is 213 g/mol. The molecular weight excluding hydrogens is 194 g/mol. The summed E-state index contributed by atoms with van der Waals surface area (Å²) in [5, 5.41) is 0. The number of ether oxygens (including phenoxy) is 1. The molecule has 0 N–H and O–H groups in total. The Labute approximate surface area is 90.6 Å². The van der Waals surface area contributed by atoms with Crippen molar-refractivity contribution in [1.82, 2.24) is 4.90 Å². The van der Waals surface area contributed by atoms with Crippen molar-refractivity contribution in [3.63, 3.8) is 0 Å². The quantitative estimate of drug-likeness (QED) is 0.656. The molecule has 0 bridgehead atoms. The first-order chi connectivity index (χ1) is 7.00. The van der Waals surface area contributed by atoms with Crippen molar-refractivity contribution in [2.75, 3.05) is 20.1 Å². The first kappa shape index (κ1) is 12.2. The maximum absolute atomic E-state index is 11.6. The van der Waals surface area contributed by atoms with Gasteiger partial charge in [-0.1, -0.05) is 6.92 Å². The van der Waals surface area contributed by atoms with Gasteiger partial charge in [0.2, 0.25) is 0 Å². The van der Waals surface area contributed by atoms with Gasteiger partial charge in [0.15, 0.2) is 11.4 Å². The van der Waals surface area contributed by atoms with E-state index < -0.39 is 5.60 Å². The van der Waals surface area contributed by atoms with Crippen LogP contribution in [0, 0.1) is 0 Å². The number of piperidine rings is 1. The van der Waals surface area contributed by atoms with Crippen molar-refractivity contribution in [3.8, 4) is 0 Å². The van der Waals surface area contributed by atoms with Gasteiger partial charge in [-0.05, 0) is 14.0 Å². The van der Waals surface area contributed by atoms with Crippen molar-refractivity contribution in [2.24, 2.45) is 0 Å². The minimum absolute atomic E-state index is 0.0302.